The second kappa shape index (κ2) is 7.79. The van der Waals surface area contributed by atoms with Crippen LogP contribution in [0.4, 0.5) is 0 Å². The van der Waals surface area contributed by atoms with Crippen molar-refractivity contribution in [3.8, 4) is 11.5 Å². The SMILES string of the molecule is CCc1noc(CSCCOc2ccc(OC)cc2)n1. The number of aromatic nitrogens is 2. The fourth-order valence-electron chi connectivity index (χ4n) is 1.54. The molecule has 1 aromatic heterocycles. The molecule has 0 aliphatic rings. The fourth-order valence-corrected chi connectivity index (χ4v) is 2.18. The van der Waals surface area contributed by atoms with E-state index in [1.807, 2.05) is 31.2 Å². The van der Waals surface area contributed by atoms with Crippen molar-refractivity contribution in [2.45, 2.75) is 19.1 Å². The average Bonchev–Trinajstić information content (AvgIpc) is 2.95. The fraction of sp³-hybridized carbons (Fsp3) is 0.429. The summed E-state index contributed by atoms with van der Waals surface area (Å²) in [5.74, 6) is 4.70. The van der Waals surface area contributed by atoms with Crippen LogP contribution in [0.1, 0.15) is 18.6 Å². The van der Waals surface area contributed by atoms with Crippen LogP contribution < -0.4 is 9.47 Å². The van der Waals surface area contributed by atoms with E-state index in [2.05, 4.69) is 10.1 Å². The third kappa shape index (κ3) is 4.45. The molecule has 0 bridgehead atoms. The van der Waals surface area contributed by atoms with Crippen molar-refractivity contribution in [2.75, 3.05) is 19.5 Å². The minimum Gasteiger partial charge on any atom is -0.497 e. The molecule has 2 rings (SSSR count). The van der Waals surface area contributed by atoms with E-state index < -0.39 is 0 Å². The van der Waals surface area contributed by atoms with Gasteiger partial charge in [-0.2, -0.15) is 4.98 Å². The Hall–Kier alpha value is -1.69. The van der Waals surface area contributed by atoms with Crippen LogP contribution in [0.2, 0.25) is 0 Å². The second-order valence-electron chi connectivity index (χ2n) is 4.03. The number of nitrogens with zero attached hydrogens (tertiary/aromatic N) is 2. The van der Waals surface area contributed by atoms with Crippen molar-refractivity contribution in [1.82, 2.24) is 10.1 Å². The quantitative estimate of drug-likeness (QED) is 0.698. The molecule has 0 atom stereocenters. The van der Waals surface area contributed by atoms with Gasteiger partial charge in [0.1, 0.15) is 11.5 Å². The standard InChI is InChI=1S/C14H18N2O3S/c1-3-13-15-14(19-16-13)10-20-9-8-18-12-6-4-11(17-2)5-7-12/h4-7H,3,8-10H2,1-2H3. The molecule has 0 spiro atoms. The van der Waals surface area contributed by atoms with Gasteiger partial charge in [-0.15, -0.1) is 11.8 Å². The highest BCUT2D eigenvalue weighted by molar-refractivity contribution is 7.98. The molecule has 0 unspecified atom stereocenters. The zero-order chi connectivity index (χ0) is 14.2. The molecule has 0 saturated carbocycles. The highest BCUT2D eigenvalue weighted by Gasteiger charge is 2.04. The Balaban J connectivity index is 1.63. The summed E-state index contributed by atoms with van der Waals surface area (Å²) in [7, 11) is 1.65. The Morgan fingerprint density at radius 3 is 2.60 bits per heavy atom. The average molecular weight is 294 g/mol. The minimum absolute atomic E-state index is 0.645. The van der Waals surface area contributed by atoms with Gasteiger partial charge < -0.3 is 14.0 Å². The van der Waals surface area contributed by atoms with Crippen LogP contribution in [0, 0.1) is 0 Å². The van der Waals surface area contributed by atoms with Crippen molar-refractivity contribution >= 4 is 11.8 Å². The van der Waals surface area contributed by atoms with Gasteiger partial charge in [0.25, 0.3) is 0 Å². The monoisotopic (exact) mass is 294 g/mol. The molecule has 0 radical (unpaired) electrons. The van der Waals surface area contributed by atoms with Crippen LogP contribution in [0.25, 0.3) is 0 Å². The molecule has 0 aliphatic heterocycles. The molecule has 0 N–H and O–H groups in total. The number of ether oxygens (including phenoxy) is 2. The van der Waals surface area contributed by atoms with E-state index in [-0.39, 0.29) is 0 Å². The molecule has 0 fully saturated rings. The molecule has 0 amide bonds. The van der Waals surface area contributed by atoms with Crippen molar-refractivity contribution in [3.63, 3.8) is 0 Å². The topological polar surface area (TPSA) is 57.4 Å². The first-order chi connectivity index (χ1) is 9.81. The number of benzene rings is 1. The number of methoxy groups -OCH3 is 1. The Morgan fingerprint density at radius 1 is 1.20 bits per heavy atom. The van der Waals surface area contributed by atoms with Crippen LogP contribution in [-0.4, -0.2) is 29.6 Å². The van der Waals surface area contributed by atoms with Crippen molar-refractivity contribution in [3.05, 3.63) is 36.0 Å². The molecule has 0 aliphatic carbocycles. The summed E-state index contributed by atoms with van der Waals surface area (Å²) >= 11 is 1.71. The maximum absolute atomic E-state index is 5.63. The summed E-state index contributed by atoms with van der Waals surface area (Å²) in [4.78, 5) is 4.25. The number of thioether (sulfide) groups is 1. The maximum Gasteiger partial charge on any atom is 0.236 e. The van der Waals surface area contributed by atoms with Crippen molar-refractivity contribution < 1.29 is 14.0 Å². The Morgan fingerprint density at radius 2 is 1.95 bits per heavy atom. The maximum atomic E-state index is 5.63. The molecule has 108 valence electrons. The molecule has 20 heavy (non-hydrogen) atoms. The van der Waals surface area contributed by atoms with E-state index in [4.69, 9.17) is 14.0 Å². The highest BCUT2D eigenvalue weighted by atomic mass is 32.2. The zero-order valence-electron chi connectivity index (χ0n) is 11.7. The normalized spacial score (nSPS) is 10.5. The minimum atomic E-state index is 0.645. The van der Waals surface area contributed by atoms with Gasteiger partial charge in [0, 0.05) is 12.2 Å². The predicted octanol–water partition coefficient (Wildman–Crippen LogP) is 2.95. The second-order valence-corrected chi connectivity index (χ2v) is 5.14. The van der Waals surface area contributed by atoms with Crippen LogP contribution in [0.5, 0.6) is 11.5 Å². The molecule has 1 heterocycles. The van der Waals surface area contributed by atoms with E-state index >= 15 is 0 Å². The third-order valence-corrected chi connectivity index (χ3v) is 3.51. The van der Waals surface area contributed by atoms with Gasteiger partial charge in [-0.3, -0.25) is 0 Å². The first-order valence-electron chi connectivity index (χ1n) is 6.48. The molecule has 0 saturated heterocycles. The summed E-state index contributed by atoms with van der Waals surface area (Å²) < 4.78 is 15.8. The Bertz CT molecular complexity index is 513. The van der Waals surface area contributed by atoms with Gasteiger partial charge in [-0.1, -0.05) is 12.1 Å². The molecule has 6 heteroatoms. The molecular weight excluding hydrogens is 276 g/mol. The van der Waals surface area contributed by atoms with Gasteiger partial charge in [-0.05, 0) is 24.3 Å². The Kier molecular flexibility index (Phi) is 5.73. The van der Waals surface area contributed by atoms with Crippen molar-refractivity contribution in [1.29, 1.82) is 0 Å². The first kappa shape index (κ1) is 14.7. The Labute approximate surface area is 122 Å². The largest absolute Gasteiger partial charge is 0.497 e. The predicted molar refractivity (Wildman–Crippen MR) is 78.3 cm³/mol. The van der Waals surface area contributed by atoms with Crippen LogP contribution in [-0.2, 0) is 12.2 Å². The zero-order valence-corrected chi connectivity index (χ0v) is 12.5. The number of rotatable bonds is 8. The molecular formula is C14H18N2O3S. The lowest BCUT2D eigenvalue weighted by Crippen LogP contribution is -2.00. The molecule has 2 aromatic rings. The highest BCUT2D eigenvalue weighted by Crippen LogP contribution is 2.17. The summed E-state index contributed by atoms with van der Waals surface area (Å²) in [6.07, 6.45) is 0.800. The summed E-state index contributed by atoms with van der Waals surface area (Å²) in [5, 5.41) is 3.85. The van der Waals surface area contributed by atoms with E-state index in [0.717, 1.165) is 35.2 Å². The van der Waals surface area contributed by atoms with Crippen LogP contribution >= 0.6 is 11.8 Å². The number of aryl methyl sites for hydroxylation is 1. The van der Waals surface area contributed by atoms with Gasteiger partial charge in [0.2, 0.25) is 5.89 Å². The summed E-state index contributed by atoms with van der Waals surface area (Å²) in [6, 6.07) is 7.56. The summed E-state index contributed by atoms with van der Waals surface area (Å²) in [5.41, 5.74) is 0. The van der Waals surface area contributed by atoms with E-state index in [9.17, 15) is 0 Å². The van der Waals surface area contributed by atoms with E-state index in [0.29, 0.717) is 12.5 Å². The van der Waals surface area contributed by atoms with Gasteiger partial charge in [0.05, 0.1) is 19.5 Å². The van der Waals surface area contributed by atoms with Gasteiger partial charge >= 0.3 is 0 Å². The van der Waals surface area contributed by atoms with Gasteiger partial charge in [-0.25, -0.2) is 0 Å². The van der Waals surface area contributed by atoms with Crippen molar-refractivity contribution in [2.24, 2.45) is 0 Å². The lowest BCUT2D eigenvalue weighted by Gasteiger charge is -2.06. The lowest BCUT2D eigenvalue weighted by molar-refractivity contribution is 0.342. The van der Waals surface area contributed by atoms with Crippen LogP contribution in [0.15, 0.2) is 28.8 Å². The number of hydrogen-bond donors (Lipinski definition) is 0. The molecule has 1 aromatic carbocycles. The first-order valence-corrected chi connectivity index (χ1v) is 7.63. The van der Waals surface area contributed by atoms with E-state index in [1.54, 1.807) is 18.9 Å². The van der Waals surface area contributed by atoms with Gasteiger partial charge in [0.15, 0.2) is 5.82 Å². The third-order valence-electron chi connectivity index (χ3n) is 2.61. The molecule has 5 nitrogen and oxygen atoms in total. The van der Waals surface area contributed by atoms with E-state index in [1.165, 1.54) is 0 Å². The lowest BCUT2D eigenvalue weighted by atomic mass is 10.3. The number of hydrogen-bond acceptors (Lipinski definition) is 6. The smallest absolute Gasteiger partial charge is 0.236 e. The summed E-state index contributed by atoms with van der Waals surface area (Å²) in [6.45, 7) is 2.65. The van der Waals surface area contributed by atoms with Crippen LogP contribution in [0.3, 0.4) is 0 Å².